The maximum absolute atomic E-state index is 3.76. The minimum absolute atomic E-state index is 0.444. The summed E-state index contributed by atoms with van der Waals surface area (Å²) in [7, 11) is 0. The number of aromatic nitrogens is 3. The predicted octanol–water partition coefficient (Wildman–Crippen LogP) is 0.222. The quantitative estimate of drug-likeness (QED) is 0.496. The van der Waals surface area contributed by atoms with Crippen LogP contribution in [0.15, 0.2) is 5.16 Å². The summed E-state index contributed by atoms with van der Waals surface area (Å²) in [6, 6.07) is 0. The van der Waals surface area contributed by atoms with Gasteiger partial charge in [-0.25, -0.2) is 0 Å². The first-order chi connectivity index (χ1) is 2.89. The molecule has 0 radical (unpaired) electrons. The molecule has 0 aliphatic heterocycles. The van der Waals surface area contributed by atoms with E-state index in [1.807, 2.05) is 0 Å². The number of nitrogens with zero attached hydrogens (tertiary/aromatic N) is 3. The van der Waals surface area contributed by atoms with Crippen LogP contribution in [0.25, 0.3) is 0 Å². The van der Waals surface area contributed by atoms with E-state index in [0.717, 1.165) is 11.7 Å². The third-order valence-corrected chi connectivity index (χ3v) is 1.02. The van der Waals surface area contributed by atoms with Crippen LogP contribution >= 0.6 is 24.4 Å². The maximum atomic E-state index is 3.76. The Morgan fingerprint density at radius 3 is 2.67 bits per heavy atom. The molecule has 0 saturated carbocycles. The first kappa shape index (κ1) is 4.01. The molecule has 1 aromatic heterocycles. The van der Waals surface area contributed by atoms with Crippen molar-refractivity contribution in [1.82, 2.24) is 14.0 Å². The fourth-order valence-electron chi connectivity index (χ4n) is 0.128. The van der Waals surface area contributed by atoms with Crippen molar-refractivity contribution in [3.8, 4) is 0 Å². The molecule has 0 N–H and O–H groups in total. The lowest BCUT2D eigenvalue weighted by Crippen LogP contribution is -1.62. The molecule has 0 fully saturated rings. The van der Waals surface area contributed by atoms with E-state index >= 15 is 0 Å². The topological polar surface area (TPSA) is 38.7 Å². The van der Waals surface area contributed by atoms with Gasteiger partial charge in [-0.15, -0.1) is 22.1 Å². The van der Waals surface area contributed by atoms with Crippen molar-refractivity contribution in [1.29, 1.82) is 0 Å². The van der Waals surface area contributed by atoms with Crippen molar-refractivity contribution < 1.29 is 0 Å². The minimum Gasteiger partial charge on any atom is -0.144 e. The van der Waals surface area contributed by atoms with E-state index in [-0.39, 0.29) is 0 Å². The highest BCUT2D eigenvalue weighted by atomic mass is 32.1. The third kappa shape index (κ3) is 0.662. The van der Waals surface area contributed by atoms with Crippen molar-refractivity contribution in [2.75, 3.05) is 0 Å². The molecular weight excluding hydrogens is 118 g/mol. The Morgan fingerprint density at radius 2 is 2.50 bits per heavy atom. The third-order valence-electron chi connectivity index (χ3n) is 0.289. The number of thiol groups is 1. The van der Waals surface area contributed by atoms with E-state index < -0.39 is 0 Å². The van der Waals surface area contributed by atoms with Crippen LogP contribution in [0.1, 0.15) is 0 Å². The van der Waals surface area contributed by atoms with Gasteiger partial charge in [0.1, 0.15) is 0 Å². The molecule has 5 heteroatoms. The summed E-state index contributed by atoms with van der Waals surface area (Å²) in [6.45, 7) is 0. The molecule has 0 bridgehead atoms. The van der Waals surface area contributed by atoms with Gasteiger partial charge >= 0.3 is 0 Å². The zero-order valence-corrected chi connectivity index (χ0v) is 4.41. The molecule has 1 heterocycles. The van der Waals surface area contributed by atoms with E-state index in [0.29, 0.717) is 5.16 Å². The summed E-state index contributed by atoms with van der Waals surface area (Å²) in [5, 5.41) is 3.88. The van der Waals surface area contributed by atoms with Crippen LogP contribution in [-0.4, -0.2) is 14.0 Å². The van der Waals surface area contributed by atoms with E-state index in [1.54, 1.807) is 0 Å². The van der Waals surface area contributed by atoms with Gasteiger partial charge in [0, 0.05) is 0 Å². The Hall–Kier alpha value is -0.160. The van der Waals surface area contributed by atoms with Crippen molar-refractivity contribution in [2.24, 2.45) is 0 Å². The van der Waals surface area contributed by atoms with Gasteiger partial charge in [0.2, 0.25) is 5.16 Å². The summed E-state index contributed by atoms with van der Waals surface area (Å²) >= 11 is 4.81. The number of rotatable bonds is 0. The van der Waals surface area contributed by atoms with Crippen LogP contribution < -0.4 is 0 Å². The Bertz CT molecular complexity index is 112. The molecule has 0 atom stereocenters. The van der Waals surface area contributed by atoms with Crippen molar-refractivity contribution >= 4 is 24.4 Å². The summed E-state index contributed by atoms with van der Waals surface area (Å²) < 4.78 is 7.03. The van der Waals surface area contributed by atoms with Gasteiger partial charge in [0.15, 0.2) is 0 Å². The van der Waals surface area contributed by atoms with Gasteiger partial charge in [-0.05, 0) is 0 Å². The van der Waals surface area contributed by atoms with Crippen LogP contribution in [0.2, 0.25) is 0 Å². The van der Waals surface area contributed by atoms with E-state index in [2.05, 4.69) is 26.6 Å². The normalized spacial score (nSPS) is 8.83. The molecule has 0 aromatic carbocycles. The Labute approximate surface area is 44.1 Å². The molecule has 0 amide bonds. The van der Waals surface area contributed by atoms with E-state index in [4.69, 9.17) is 0 Å². The number of hydrogen-bond acceptors (Lipinski definition) is 5. The van der Waals surface area contributed by atoms with E-state index in [9.17, 15) is 0 Å². The molecule has 0 spiro atoms. The van der Waals surface area contributed by atoms with Gasteiger partial charge in [-0.3, -0.25) is 0 Å². The van der Waals surface area contributed by atoms with Crippen molar-refractivity contribution in [3.63, 3.8) is 0 Å². The molecule has 6 heavy (non-hydrogen) atoms. The molecule has 1 rings (SSSR count). The average Bonchev–Trinajstić information content (AvgIpc) is 1.86. The second kappa shape index (κ2) is 1.53. The smallest absolute Gasteiger partial charge is 0.144 e. The highest BCUT2D eigenvalue weighted by Gasteiger charge is 1.81. The lowest BCUT2D eigenvalue weighted by molar-refractivity contribution is 0.983. The van der Waals surface area contributed by atoms with Crippen molar-refractivity contribution in [2.45, 2.75) is 5.16 Å². The van der Waals surface area contributed by atoms with Gasteiger partial charge < -0.3 is 0 Å². The molecular formula is CHN3S2. The standard InChI is InChI=1S/CHN3S2/c5-1-2-4-6-3-1/h(H,3,5). The van der Waals surface area contributed by atoms with Crippen LogP contribution in [0, 0.1) is 0 Å². The van der Waals surface area contributed by atoms with Gasteiger partial charge in [-0.2, -0.15) is 0 Å². The summed E-state index contributed by atoms with van der Waals surface area (Å²) in [6.07, 6.45) is 0. The fourth-order valence-corrected chi connectivity index (χ4v) is 0.602. The molecule has 0 aliphatic carbocycles. The monoisotopic (exact) mass is 119 g/mol. The van der Waals surface area contributed by atoms with Gasteiger partial charge in [0.05, 0.1) is 11.7 Å². The second-order valence-electron chi connectivity index (χ2n) is 0.655. The van der Waals surface area contributed by atoms with Crippen LogP contribution in [0.3, 0.4) is 0 Å². The molecule has 0 aliphatic rings. The average molecular weight is 119 g/mol. The van der Waals surface area contributed by atoms with Crippen LogP contribution in [0.5, 0.6) is 0 Å². The SMILES string of the molecule is Sc1nnsn1. The summed E-state index contributed by atoms with van der Waals surface area (Å²) in [5.74, 6) is 0. The lowest BCUT2D eigenvalue weighted by Gasteiger charge is -1.58. The highest BCUT2D eigenvalue weighted by Crippen LogP contribution is 1.91. The van der Waals surface area contributed by atoms with Gasteiger partial charge in [-0.1, -0.05) is 4.49 Å². The van der Waals surface area contributed by atoms with Crippen molar-refractivity contribution in [3.05, 3.63) is 0 Å². The molecule has 1 aromatic rings. The molecule has 0 saturated heterocycles. The highest BCUT2D eigenvalue weighted by molar-refractivity contribution is 7.80. The van der Waals surface area contributed by atoms with E-state index in [1.165, 1.54) is 0 Å². The lowest BCUT2D eigenvalue weighted by atomic mass is 11.4. The van der Waals surface area contributed by atoms with Gasteiger partial charge in [0.25, 0.3) is 0 Å². The maximum Gasteiger partial charge on any atom is 0.219 e. The molecule has 0 unspecified atom stereocenters. The second-order valence-corrected chi connectivity index (χ2v) is 1.56. The molecule has 32 valence electrons. The zero-order valence-electron chi connectivity index (χ0n) is 2.70. The van der Waals surface area contributed by atoms with Crippen LogP contribution in [-0.2, 0) is 0 Å². The Kier molecular flexibility index (Phi) is 1.02. The first-order valence-corrected chi connectivity index (χ1v) is 2.41. The molecule has 3 nitrogen and oxygen atoms in total. The van der Waals surface area contributed by atoms with Crippen LogP contribution in [0.4, 0.5) is 0 Å². The minimum atomic E-state index is 0.444. The number of hydrogen-bond donors (Lipinski definition) is 1. The fraction of sp³-hybridized carbons (Fsp3) is 0. The predicted molar refractivity (Wildman–Crippen MR) is 25.0 cm³/mol. The summed E-state index contributed by atoms with van der Waals surface area (Å²) in [5.41, 5.74) is 0. The largest absolute Gasteiger partial charge is 0.219 e. The zero-order chi connectivity index (χ0) is 4.41. The Morgan fingerprint density at radius 1 is 1.67 bits per heavy atom. The first-order valence-electron chi connectivity index (χ1n) is 1.24. The Balaban J connectivity index is 3.05. The summed E-state index contributed by atoms with van der Waals surface area (Å²) in [4.78, 5) is 0.